The maximum Gasteiger partial charge on any atom is 0.386 e. The summed E-state index contributed by atoms with van der Waals surface area (Å²) in [5.74, 6) is -3.86. The molecular weight excluding hydrogens is 224 g/mol. The maximum atomic E-state index is 12.7. The lowest BCUT2D eigenvalue weighted by atomic mass is 10.3. The number of halogens is 2. The summed E-state index contributed by atoms with van der Waals surface area (Å²) in [4.78, 5) is 13.1. The number of hydrogen-bond acceptors (Lipinski definition) is 5. The molecule has 0 spiro atoms. The second kappa shape index (κ2) is 4.79. The predicted molar refractivity (Wildman–Crippen MR) is 51.4 cm³/mol. The van der Waals surface area contributed by atoms with Crippen LogP contribution in [0.5, 0.6) is 0 Å². The zero-order valence-electron chi connectivity index (χ0n) is 8.06. The third-order valence-corrected chi connectivity index (χ3v) is 1.73. The summed E-state index contributed by atoms with van der Waals surface area (Å²) in [5.41, 5.74) is -0.111. The van der Waals surface area contributed by atoms with Crippen LogP contribution < -0.4 is 5.32 Å². The van der Waals surface area contributed by atoms with Crippen LogP contribution >= 0.6 is 0 Å². The number of aliphatic hydroxyl groups excluding tert-OH is 1. The summed E-state index contributed by atoms with van der Waals surface area (Å²) in [7, 11) is 0. The highest BCUT2D eigenvalue weighted by molar-refractivity contribution is 5.56. The molecule has 88 valence electrons. The van der Waals surface area contributed by atoms with E-state index in [1.54, 1.807) is 0 Å². The van der Waals surface area contributed by atoms with Crippen LogP contribution in [0.25, 0.3) is 0 Å². The smallest absolute Gasteiger partial charge is 0.386 e. The van der Waals surface area contributed by atoms with E-state index >= 15 is 0 Å². The Morgan fingerprint density at radius 1 is 1.62 bits per heavy atom. The fraction of sp³-hybridized carbons (Fsp3) is 0.375. The van der Waals surface area contributed by atoms with Gasteiger partial charge in [-0.2, -0.15) is 0 Å². The number of hydrogen-bond donors (Lipinski definition) is 2. The average molecular weight is 233 g/mol. The largest absolute Gasteiger partial charge is 0.390 e. The molecule has 0 radical (unpaired) electrons. The van der Waals surface area contributed by atoms with E-state index in [9.17, 15) is 18.9 Å². The van der Waals surface area contributed by atoms with Gasteiger partial charge >= 0.3 is 5.82 Å². The van der Waals surface area contributed by atoms with Crippen LogP contribution in [0, 0.1) is 10.1 Å². The summed E-state index contributed by atoms with van der Waals surface area (Å²) >= 11 is 0. The average Bonchev–Trinajstić information content (AvgIpc) is 2.27. The van der Waals surface area contributed by atoms with Crippen molar-refractivity contribution in [3.8, 4) is 0 Å². The number of aromatic nitrogens is 1. The van der Waals surface area contributed by atoms with Crippen LogP contribution in [0.2, 0.25) is 0 Å². The Hall–Kier alpha value is -1.83. The van der Waals surface area contributed by atoms with Gasteiger partial charge in [-0.25, -0.2) is 8.78 Å². The van der Waals surface area contributed by atoms with E-state index in [0.717, 1.165) is 0 Å². The Morgan fingerprint density at radius 2 is 2.31 bits per heavy atom. The zero-order chi connectivity index (χ0) is 12.2. The van der Waals surface area contributed by atoms with Gasteiger partial charge in [0.05, 0.1) is 6.54 Å². The molecule has 1 aromatic rings. The van der Waals surface area contributed by atoms with Gasteiger partial charge in [-0.1, -0.05) is 0 Å². The SMILES string of the molecule is O=[N+]([O-])c1ncccc1NCC(F)(F)CO. The second-order valence-electron chi connectivity index (χ2n) is 3.00. The maximum absolute atomic E-state index is 12.7. The van der Waals surface area contributed by atoms with Gasteiger partial charge in [0.1, 0.15) is 18.5 Å². The summed E-state index contributed by atoms with van der Waals surface area (Å²) in [6.07, 6.45) is 1.19. The Morgan fingerprint density at radius 3 is 2.88 bits per heavy atom. The van der Waals surface area contributed by atoms with Gasteiger partial charge < -0.3 is 20.5 Å². The minimum atomic E-state index is -3.33. The van der Waals surface area contributed by atoms with Gasteiger partial charge in [0, 0.05) is 0 Å². The molecule has 0 saturated heterocycles. The highest BCUT2D eigenvalue weighted by Gasteiger charge is 2.28. The monoisotopic (exact) mass is 233 g/mol. The molecule has 0 amide bonds. The topological polar surface area (TPSA) is 88.3 Å². The Kier molecular flexibility index (Phi) is 3.67. The molecule has 6 nitrogen and oxygen atoms in total. The first-order valence-electron chi connectivity index (χ1n) is 4.28. The first-order chi connectivity index (χ1) is 7.46. The third kappa shape index (κ3) is 3.09. The number of nitrogens with zero attached hydrogens (tertiary/aromatic N) is 2. The normalized spacial score (nSPS) is 11.2. The highest BCUT2D eigenvalue weighted by atomic mass is 19.3. The number of anilines is 1. The number of alkyl halides is 2. The molecule has 1 aromatic heterocycles. The quantitative estimate of drug-likeness (QED) is 0.585. The Labute approximate surface area is 89.1 Å². The molecule has 0 unspecified atom stereocenters. The van der Waals surface area contributed by atoms with E-state index in [4.69, 9.17) is 5.11 Å². The third-order valence-electron chi connectivity index (χ3n) is 1.73. The Balaban J connectivity index is 2.78. The first kappa shape index (κ1) is 12.2. The van der Waals surface area contributed by atoms with Crippen LogP contribution in [-0.2, 0) is 0 Å². The van der Waals surface area contributed by atoms with Crippen molar-refractivity contribution in [2.45, 2.75) is 5.92 Å². The minimum absolute atomic E-state index is 0.111. The van der Waals surface area contributed by atoms with E-state index in [0.29, 0.717) is 0 Å². The molecule has 16 heavy (non-hydrogen) atoms. The number of nitro groups is 1. The van der Waals surface area contributed by atoms with Crippen LogP contribution in [0.15, 0.2) is 18.3 Å². The lowest BCUT2D eigenvalue weighted by Crippen LogP contribution is -2.31. The van der Waals surface area contributed by atoms with Gasteiger partial charge in [-0.15, -0.1) is 0 Å². The Bertz CT molecular complexity index is 387. The van der Waals surface area contributed by atoms with Crippen molar-refractivity contribution in [2.75, 3.05) is 18.5 Å². The number of pyridine rings is 1. The van der Waals surface area contributed by atoms with E-state index < -0.39 is 29.8 Å². The molecule has 1 rings (SSSR count). The van der Waals surface area contributed by atoms with Gasteiger partial charge in [0.25, 0.3) is 5.92 Å². The number of nitrogens with one attached hydrogen (secondary N) is 1. The van der Waals surface area contributed by atoms with E-state index in [1.165, 1.54) is 18.3 Å². The number of rotatable bonds is 5. The van der Waals surface area contributed by atoms with Gasteiger partial charge in [0.15, 0.2) is 0 Å². The summed E-state index contributed by atoms with van der Waals surface area (Å²) in [6, 6.07) is 2.64. The standard InChI is InChI=1S/C8H9F2N3O3/c9-8(10,5-14)4-12-6-2-1-3-11-7(6)13(15)16/h1-3,12,14H,4-5H2. The summed E-state index contributed by atoms with van der Waals surface area (Å²) in [5, 5.41) is 21.0. The molecule has 0 saturated carbocycles. The lowest BCUT2D eigenvalue weighted by molar-refractivity contribution is -0.388. The molecule has 0 bridgehead atoms. The fourth-order valence-electron chi connectivity index (χ4n) is 0.961. The molecule has 0 aromatic carbocycles. The van der Waals surface area contributed by atoms with E-state index in [1.807, 2.05) is 0 Å². The van der Waals surface area contributed by atoms with Gasteiger partial charge in [0.2, 0.25) is 0 Å². The summed E-state index contributed by atoms with van der Waals surface area (Å²) in [6.45, 7) is -2.22. The number of aliphatic hydroxyl groups is 1. The molecule has 0 fully saturated rings. The van der Waals surface area contributed by atoms with Crippen molar-refractivity contribution in [3.05, 3.63) is 28.4 Å². The van der Waals surface area contributed by atoms with Gasteiger partial charge in [-0.05, 0) is 22.0 Å². The van der Waals surface area contributed by atoms with Crippen molar-refractivity contribution in [2.24, 2.45) is 0 Å². The fourth-order valence-corrected chi connectivity index (χ4v) is 0.961. The van der Waals surface area contributed by atoms with Gasteiger partial charge in [-0.3, -0.25) is 0 Å². The van der Waals surface area contributed by atoms with Crippen LogP contribution in [0.3, 0.4) is 0 Å². The van der Waals surface area contributed by atoms with E-state index in [-0.39, 0.29) is 5.69 Å². The van der Waals surface area contributed by atoms with Crippen molar-refractivity contribution in [3.63, 3.8) is 0 Å². The van der Waals surface area contributed by atoms with Crippen LogP contribution in [-0.4, -0.2) is 34.1 Å². The van der Waals surface area contributed by atoms with Crippen molar-refractivity contribution < 1.29 is 18.8 Å². The highest BCUT2D eigenvalue weighted by Crippen LogP contribution is 2.22. The molecule has 0 aliphatic rings. The molecule has 8 heteroatoms. The zero-order valence-corrected chi connectivity index (χ0v) is 8.06. The first-order valence-corrected chi connectivity index (χ1v) is 4.28. The second-order valence-corrected chi connectivity index (χ2v) is 3.00. The van der Waals surface area contributed by atoms with E-state index in [2.05, 4.69) is 10.3 Å². The van der Waals surface area contributed by atoms with Crippen LogP contribution in [0.1, 0.15) is 0 Å². The molecule has 0 aliphatic carbocycles. The predicted octanol–water partition coefficient (Wildman–Crippen LogP) is 1.03. The molecule has 0 atom stereocenters. The molecule has 1 heterocycles. The van der Waals surface area contributed by atoms with Crippen LogP contribution in [0.4, 0.5) is 20.3 Å². The lowest BCUT2D eigenvalue weighted by Gasteiger charge is -2.14. The van der Waals surface area contributed by atoms with Crippen molar-refractivity contribution in [1.82, 2.24) is 4.98 Å². The molecular formula is C8H9F2N3O3. The van der Waals surface area contributed by atoms with Crippen molar-refractivity contribution >= 4 is 11.5 Å². The minimum Gasteiger partial charge on any atom is -0.390 e. The van der Waals surface area contributed by atoms with Crippen molar-refractivity contribution in [1.29, 1.82) is 0 Å². The molecule has 2 N–H and O–H groups in total. The molecule has 0 aliphatic heterocycles. The summed E-state index contributed by atoms with van der Waals surface area (Å²) < 4.78 is 25.3.